The van der Waals surface area contributed by atoms with Crippen molar-refractivity contribution in [3.05, 3.63) is 30.3 Å². The Hall–Kier alpha value is -1.63. The quantitative estimate of drug-likeness (QED) is 0.408. The lowest BCUT2D eigenvalue weighted by atomic mass is 9.45. The van der Waals surface area contributed by atoms with Crippen molar-refractivity contribution in [3.8, 4) is 0 Å². The second kappa shape index (κ2) is 10.9. The molecule has 2 aliphatic heterocycles. The van der Waals surface area contributed by atoms with Crippen LogP contribution in [0.5, 0.6) is 0 Å². The fourth-order valence-electron chi connectivity index (χ4n) is 9.64. The van der Waals surface area contributed by atoms with Gasteiger partial charge in [-0.3, -0.25) is 9.69 Å². The first-order chi connectivity index (χ1) is 19.2. The largest absolute Gasteiger partial charge is 0.376 e. The summed E-state index contributed by atoms with van der Waals surface area (Å²) in [6.45, 7) is 10.9. The van der Waals surface area contributed by atoms with Crippen LogP contribution in [0.15, 0.2) is 30.3 Å². The molecule has 6 aliphatic rings. The molecule has 2 heterocycles. The molecule has 1 N–H and O–H groups in total. The van der Waals surface area contributed by atoms with Gasteiger partial charge in [0.25, 0.3) is 5.91 Å². The Bertz CT molecular complexity index is 1030. The molecule has 0 aromatic heterocycles. The van der Waals surface area contributed by atoms with Crippen LogP contribution < -0.4 is 4.90 Å². The van der Waals surface area contributed by atoms with Gasteiger partial charge >= 0.3 is 0 Å². The van der Waals surface area contributed by atoms with Crippen LogP contribution in [0.2, 0.25) is 0 Å². The minimum absolute atomic E-state index is 0.0971. The summed E-state index contributed by atoms with van der Waals surface area (Å²) in [4.78, 5) is 23.8. The zero-order chi connectivity index (χ0) is 28.1. The molecule has 222 valence electrons. The van der Waals surface area contributed by atoms with E-state index in [-0.39, 0.29) is 12.1 Å². The first-order valence-corrected chi connectivity index (χ1v) is 16.5. The van der Waals surface area contributed by atoms with Crippen LogP contribution in [-0.2, 0) is 4.79 Å². The molecule has 4 atom stereocenters. The van der Waals surface area contributed by atoms with Crippen molar-refractivity contribution >= 4 is 11.6 Å². The minimum Gasteiger partial charge on any atom is -0.376 e. The van der Waals surface area contributed by atoms with Gasteiger partial charge in [0.1, 0.15) is 11.3 Å². The van der Waals surface area contributed by atoms with Crippen LogP contribution in [-0.4, -0.2) is 76.5 Å². The monoisotopic (exact) mass is 550 g/mol. The third-order valence-electron chi connectivity index (χ3n) is 12.5. The van der Waals surface area contributed by atoms with E-state index in [0.717, 1.165) is 81.5 Å². The molecule has 2 saturated heterocycles. The van der Waals surface area contributed by atoms with Gasteiger partial charge in [-0.15, -0.1) is 0 Å². The van der Waals surface area contributed by atoms with Gasteiger partial charge in [-0.1, -0.05) is 45.4 Å². The lowest BCUT2D eigenvalue weighted by molar-refractivity contribution is -0.171. The summed E-state index contributed by atoms with van der Waals surface area (Å²) in [5.74, 6) is 3.03. The summed E-state index contributed by atoms with van der Waals surface area (Å²) in [5, 5.41) is 11.6. The first-order valence-electron chi connectivity index (χ1n) is 16.5. The number of anilines is 1. The van der Waals surface area contributed by atoms with Crippen LogP contribution in [0.3, 0.4) is 0 Å². The molecule has 2 bridgehead atoms. The van der Waals surface area contributed by atoms with Crippen LogP contribution in [0, 0.1) is 23.2 Å². The number of carbonyl (C=O) groups is 1. The molecule has 7 rings (SSSR count). The van der Waals surface area contributed by atoms with Crippen molar-refractivity contribution in [1.82, 2.24) is 14.7 Å². The smallest absolute Gasteiger partial charge is 0.251 e. The number of likely N-dealkylation sites (tertiary alicyclic amines) is 1. The van der Waals surface area contributed by atoms with Gasteiger partial charge in [-0.2, -0.15) is 0 Å². The maximum atomic E-state index is 14.5. The molecule has 40 heavy (non-hydrogen) atoms. The normalized spacial score (nSPS) is 31.9. The Morgan fingerprint density at radius 1 is 1.02 bits per heavy atom. The molecule has 6 nitrogen and oxygen atoms in total. The maximum absolute atomic E-state index is 14.5. The zero-order valence-corrected chi connectivity index (χ0v) is 25.7. The topological polar surface area (TPSA) is 50.3 Å². The molecule has 1 spiro atoms. The van der Waals surface area contributed by atoms with Gasteiger partial charge < -0.3 is 19.8 Å². The Kier molecular flexibility index (Phi) is 7.76. The molecule has 4 saturated carbocycles. The molecule has 6 heteroatoms. The highest BCUT2D eigenvalue weighted by atomic mass is 16.3. The Labute approximate surface area is 243 Å². The highest BCUT2D eigenvalue weighted by Crippen LogP contribution is 2.62. The number of hydrogen-bond acceptors (Lipinski definition) is 5. The molecular weight excluding hydrogens is 496 g/mol. The average molecular weight is 551 g/mol. The van der Waals surface area contributed by atoms with Crippen molar-refractivity contribution in [2.75, 3.05) is 38.3 Å². The third-order valence-corrected chi connectivity index (χ3v) is 12.5. The summed E-state index contributed by atoms with van der Waals surface area (Å²) >= 11 is 0. The molecule has 4 unspecified atom stereocenters. The minimum atomic E-state index is -0.815. The van der Waals surface area contributed by atoms with E-state index in [1.165, 1.54) is 38.6 Å². The number of amides is 1. The van der Waals surface area contributed by atoms with Crippen molar-refractivity contribution in [1.29, 1.82) is 0 Å². The first kappa shape index (κ1) is 28.5. The predicted molar refractivity (Wildman–Crippen MR) is 162 cm³/mol. The van der Waals surface area contributed by atoms with Crippen molar-refractivity contribution in [3.63, 3.8) is 0 Å². The highest BCUT2D eigenvalue weighted by molar-refractivity contribution is 5.93. The van der Waals surface area contributed by atoms with Gasteiger partial charge in [0, 0.05) is 18.8 Å². The summed E-state index contributed by atoms with van der Waals surface area (Å²) in [7, 11) is 2.05. The summed E-state index contributed by atoms with van der Waals surface area (Å²) in [6.07, 6.45) is 13.0. The summed E-state index contributed by atoms with van der Waals surface area (Å²) in [6, 6.07) is 10.6. The molecule has 1 aromatic carbocycles. The highest BCUT2D eigenvalue weighted by Gasteiger charge is 2.57. The third kappa shape index (κ3) is 4.70. The Balaban J connectivity index is 1.17. The standard InChI is InChI=1S/C34H54N4O2/c1-5-30(35(4)34(40)17-10-7-11-18-34)37-25-38(28-12-8-6-9-13-28)33(31(37)39)19-22-36(23-20-33)21-16-26-14-15-27-24-29(26)32(27,2)3/h6,8-9,12-13,26-27,29-30,40H,5,7,10-11,14-25H2,1-4H3. The lowest BCUT2D eigenvalue weighted by Crippen LogP contribution is -2.60. The lowest BCUT2D eigenvalue weighted by Gasteiger charge is -2.60. The number of benzene rings is 1. The number of piperidine rings is 1. The SMILES string of the molecule is CCC(N1CN(c2ccccc2)C2(CCN(CCC3CCC4CC3C4(C)C)CC2)C1=O)N(C)C1(O)CCCCC1. The van der Waals surface area contributed by atoms with E-state index in [2.05, 4.69) is 70.7 Å². The van der Waals surface area contributed by atoms with Gasteiger partial charge in [0.2, 0.25) is 0 Å². The van der Waals surface area contributed by atoms with E-state index in [0.29, 0.717) is 12.1 Å². The summed E-state index contributed by atoms with van der Waals surface area (Å²) in [5.41, 5.74) is 0.391. The predicted octanol–water partition coefficient (Wildman–Crippen LogP) is 5.91. The van der Waals surface area contributed by atoms with E-state index in [9.17, 15) is 9.90 Å². The fourth-order valence-corrected chi connectivity index (χ4v) is 9.64. The number of nitrogens with zero attached hydrogens (tertiary/aromatic N) is 4. The van der Waals surface area contributed by atoms with Gasteiger partial charge in [0.15, 0.2) is 0 Å². The van der Waals surface area contributed by atoms with Gasteiger partial charge in [0.05, 0.1) is 12.8 Å². The zero-order valence-electron chi connectivity index (χ0n) is 25.7. The van der Waals surface area contributed by atoms with Crippen LogP contribution >= 0.6 is 0 Å². The number of carbonyl (C=O) groups excluding carboxylic acids is 1. The fraction of sp³-hybridized carbons (Fsp3) is 0.794. The van der Waals surface area contributed by atoms with E-state index >= 15 is 0 Å². The maximum Gasteiger partial charge on any atom is 0.251 e. The van der Waals surface area contributed by atoms with Gasteiger partial charge in [-0.05, 0) is 120 Å². The molecule has 1 amide bonds. The number of para-hydroxylation sites is 1. The molecule has 0 radical (unpaired) electrons. The van der Waals surface area contributed by atoms with E-state index < -0.39 is 11.3 Å². The van der Waals surface area contributed by atoms with E-state index in [1.54, 1.807) is 0 Å². The molecular formula is C34H54N4O2. The van der Waals surface area contributed by atoms with E-state index in [1.807, 2.05) is 7.05 Å². The average Bonchev–Trinajstić information content (AvgIpc) is 3.25. The van der Waals surface area contributed by atoms with Crippen LogP contribution in [0.4, 0.5) is 5.69 Å². The number of aliphatic hydroxyl groups is 1. The summed E-state index contributed by atoms with van der Waals surface area (Å²) < 4.78 is 0. The van der Waals surface area contributed by atoms with Crippen molar-refractivity contribution in [2.45, 2.75) is 115 Å². The van der Waals surface area contributed by atoms with Crippen LogP contribution in [0.1, 0.15) is 97.8 Å². The Morgan fingerprint density at radius 3 is 2.35 bits per heavy atom. The number of fused-ring (bicyclic) bond motifs is 2. The van der Waals surface area contributed by atoms with E-state index in [4.69, 9.17) is 0 Å². The molecule has 4 aliphatic carbocycles. The second-order valence-electron chi connectivity index (χ2n) is 14.6. The second-order valence-corrected chi connectivity index (χ2v) is 14.6. The van der Waals surface area contributed by atoms with Gasteiger partial charge in [-0.25, -0.2) is 0 Å². The molecule has 1 aromatic rings. The Morgan fingerprint density at radius 2 is 1.73 bits per heavy atom. The number of rotatable bonds is 8. The van der Waals surface area contributed by atoms with Crippen molar-refractivity contribution < 1.29 is 9.90 Å². The molecule has 6 fully saturated rings. The van der Waals surface area contributed by atoms with Crippen LogP contribution in [0.25, 0.3) is 0 Å². The van der Waals surface area contributed by atoms with Crippen molar-refractivity contribution in [2.24, 2.45) is 23.2 Å². The number of hydrogen-bond donors (Lipinski definition) is 1.